The lowest BCUT2D eigenvalue weighted by molar-refractivity contribution is 0.296. The van der Waals surface area contributed by atoms with Gasteiger partial charge in [0.1, 0.15) is 23.9 Å². The summed E-state index contributed by atoms with van der Waals surface area (Å²) >= 11 is 5.90. The van der Waals surface area contributed by atoms with Crippen molar-refractivity contribution in [1.82, 2.24) is 0 Å². The lowest BCUT2D eigenvalue weighted by Crippen LogP contribution is -2.23. The molecule has 0 heterocycles. The van der Waals surface area contributed by atoms with E-state index in [1.165, 1.54) is 0 Å². The van der Waals surface area contributed by atoms with Crippen LogP contribution in [0.15, 0.2) is 48.5 Å². The zero-order valence-electron chi connectivity index (χ0n) is 10.7. The molecule has 0 aliphatic heterocycles. The second-order valence-corrected chi connectivity index (χ2v) is 4.76. The predicted molar refractivity (Wildman–Crippen MR) is 77.1 cm³/mol. The smallest absolute Gasteiger partial charge is 0.128 e. The van der Waals surface area contributed by atoms with Crippen LogP contribution in [0.1, 0.15) is 6.92 Å². The Hall–Kier alpha value is -1.71. The molecule has 100 valence electrons. The van der Waals surface area contributed by atoms with E-state index in [1.54, 1.807) is 12.1 Å². The fraction of sp³-hybridized carbons (Fsp3) is 0.200. The van der Waals surface area contributed by atoms with Gasteiger partial charge in [-0.2, -0.15) is 0 Å². The highest BCUT2D eigenvalue weighted by Crippen LogP contribution is 2.25. The summed E-state index contributed by atoms with van der Waals surface area (Å²) in [5.74, 6) is 2.21. The van der Waals surface area contributed by atoms with E-state index in [-0.39, 0.29) is 6.04 Å². The molecule has 0 spiro atoms. The van der Waals surface area contributed by atoms with Crippen molar-refractivity contribution in [3.05, 3.63) is 53.6 Å². The van der Waals surface area contributed by atoms with Crippen LogP contribution in [0.4, 0.5) is 0 Å². The maximum Gasteiger partial charge on any atom is 0.128 e. The van der Waals surface area contributed by atoms with Gasteiger partial charge in [0.15, 0.2) is 0 Å². The van der Waals surface area contributed by atoms with Crippen LogP contribution in [-0.4, -0.2) is 12.6 Å². The topological polar surface area (TPSA) is 44.5 Å². The van der Waals surface area contributed by atoms with Crippen molar-refractivity contribution >= 4 is 11.6 Å². The Kier molecular flexibility index (Phi) is 4.66. The number of hydrogen-bond acceptors (Lipinski definition) is 3. The molecule has 4 heteroatoms. The van der Waals surface area contributed by atoms with Crippen LogP contribution in [-0.2, 0) is 0 Å². The number of benzene rings is 2. The van der Waals surface area contributed by atoms with Crippen LogP contribution in [0.2, 0.25) is 5.02 Å². The van der Waals surface area contributed by atoms with Crippen LogP contribution >= 0.6 is 11.6 Å². The predicted octanol–water partition coefficient (Wildman–Crippen LogP) is 3.86. The van der Waals surface area contributed by atoms with Gasteiger partial charge in [-0.25, -0.2) is 0 Å². The van der Waals surface area contributed by atoms with Crippen LogP contribution in [0.5, 0.6) is 17.2 Å². The van der Waals surface area contributed by atoms with Gasteiger partial charge >= 0.3 is 0 Å². The first-order chi connectivity index (χ1) is 9.13. The maximum absolute atomic E-state index is 5.90. The summed E-state index contributed by atoms with van der Waals surface area (Å²) in [6.07, 6.45) is 0. The lowest BCUT2D eigenvalue weighted by Gasteiger charge is -2.10. The highest BCUT2D eigenvalue weighted by molar-refractivity contribution is 6.30. The average molecular weight is 278 g/mol. The Morgan fingerprint density at radius 1 is 1.05 bits per heavy atom. The molecule has 3 nitrogen and oxygen atoms in total. The molecule has 0 bridgehead atoms. The molecule has 19 heavy (non-hydrogen) atoms. The van der Waals surface area contributed by atoms with Gasteiger partial charge in [0, 0.05) is 11.1 Å². The molecule has 0 fully saturated rings. The van der Waals surface area contributed by atoms with Gasteiger partial charge in [0.05, 0.1) is 0 Å². The minimum absolute atomic E-state index is 0.0161. The number of nitrogens with two attached hydrogens (primary N) is 1. The highest BCUT2D eigenvalue weighted by Gasteiger charge is 2.00. The summed E-state index contributed by atoms with van der Waals surface area (Å²) in [5.41, 5.74) is 5.62. The maximum atomic E-state index is 5.90. The molecular formula is C15H16ClNO2. The van der Waals surface area contributed by atoms with E-state index in [1.807, 2.05) is 43.3 Å². The van der Waals surface area contributed by atoms with Crippen molar-refractivity contribution in [2.24, 2.45) is 5.73 Å². The number of ether oxygens (including phenoxy) is 2. The second-order valence-electron chi connectivity index (χ2n) is 4.32. The van der Waals surface area contributed by atoms with E-state index in [0.29, 0.717) is 17.4 Å². The van der Waals surface area contributed by atoms with Gasteiger partial charge in [0.2, 0.25) is 0 Å². The second kappa shape index (κ2) is 6.45. The van der Waals surface area contributed by atoms with E-state index < -0.39 is 0 Å². The molecule has 1 unspecified atom stereocenters. The zero-order valence-corrected chi connectivity index (χ0v) is 11.4. The van der Waals surface area contributed by atoms with Crippen LogP contribution < -0.4 is 15.2 Å². The molecule has 2 aromatic rings. The summed E-state index contributed by atoms with van der Waals surface area (Å²) in [5, 5.41) is 0.648. The minimum atomic E-state index is 0.0161. The molecule has 0 saturated carbocycles. The van der Waals surface area contributed by atoms with E-state index in [0.717, 1.165) is 11.5 Å². The van der Waals surface area contributed by atoms with Crippen molar-refractivity contribution in [2.45, 2.75) is 13.0 Å². The molecule has 1 atom stereocenters. The summed E-state index contributed by atoms with van der Waals surface area (Å²) in [4.78, 5) is 0. The SMILES string of the molecule is CC(N)COc1ccc(Oc2cccc(Cl)c2)cc1. The van der Waals surface area contributed by atoms with Crippen molar-refractivity contribution in [3.63, 3.8) is 0 Å². The summed E-state index contributed by atoms with van der Waals surface area (Å²) in [6.45, 7) is 2.39. The average Bonchev–Trinajstić information content (AvgIpc) is 2.38. The lowest BCUT2D eigenvalue weighted by atomic mass is 10.3. The first kappa shape index (κ1) is 13.7. The van der Waals surface area contributed by atoms with Gasteiger partial charge in [-0.15, -0.1) is 0 Å². The summed E-state index contributed by atoms with van der Waals surface area (Å²) in [7, 11) is 0. The van der Waals surface area contributed by atoms with E-state index in [4.69, 9.17) is 26.8 Å². The first-order valence-corrected chi connectivity index (χ1v) is 6.43. The van der Waals surface area contributed by atoms with Gasteiger partial charge in [-0.3, -0.25) is 0 Å². The molecule has 0 saturated heterocycles. The van der Waals surface area contributed by atoms with Gasteiger partial charge in [-0.1, -0.05) is 17.7 Å². The fourth-order valence-corrected chi connectivity index (χ4v) is 1.68. The quantitative estimate of drug-likeness (QED) is 0.902. The summed E-state index contributed by atoms with van der Waals surface area (Å²) in [6, 6.07) is 14.7. The van der Waals surface area contributed by atoms with Crippen molar-refractivity contribution in [2.75, 3.05) is 6.61 Å². The van der Waals surface area contributed by atoms with Crippen molar-refractivity contribution < 1.29 is 9.47 Å². The van der Waals surface area contributed by atoms with Gasteiger partial charge < -0.3 is 15.2 Å². The van der Waals surface area contributed by atoms with E-state index >= 15 is 0 Å². The molecule has 2 rings (SSSR count). The normalized spacial score (nSPS) is 11.9. The highest BCUT2D eigenvalue weighted by atomic mass is 35.5. The Labute approximate surface area is 117 Å². The Bertz CT molecular complexity index is 526. The Morgan fingerprint density at radius 2 is 1.74 bits per heavy atom. The summed E-state index contributed by atoms with van der Waals surface area (Å²) < 4.78 is 11.2. The Balaban J connectivity index is 1.98. The van der Waals surface area contributed by atoms with Crippen LogP contribution in [0, 0.1) is 0 Å². The minimum Gasteiger partial charge on any atom is -0.492 e. The molecule has 0 aliphatic carbocycles. The molecule has 0 aromatic heterocycles. The van der Waals surface area contributed by atoms with Crippen LogP contribution in [0.3, 0.4) is 0 Å². The van der Waals surface area contributed by atoms with Gasteiger partial charge in [0.25, 0.3) is 0 Å². The molecule has 2 aromatic carbocycles. The van der Waals surface area contributed by atoms with Crippen molar-refractivity contribution in [1.29, 1.82) is 0 Å². The van der Waals surface area contributed by atoms with E-state index in [9.17, 15) is 0 Å². The monoisotopic (exact) mass is 277 g/mol. The molecule has 0 radical (unpaired) electrons. The fourth-order valence-electron chi connectivity index (χ4n) is 1.50. The standard InChI is InChI=1S/C15H16ClNO2/c1-11(17)10-18-13-5-7-14(8-6-13)19-15-4-2-3-12(16)9-15/h2-9,11H,10,17H2,1H3. The molecule has 0 aliphatic rings. The zero-order chi connectivity index (χ0) is 13.7. The van der Waals surface area contributed by atoms with Crippen LogP contribution in [0.25, 0.3) is 0 Å². The first-order valence-electron chi connectivity index (χ1n) is 6.05. The van der Waals surface area contributed by atoms with E-state index in [2.05, 4.69) is 0 Å². The Morgan fingerprint density at radius 3 is 2.37 bits per heavy atom. The third-order valence-corrected chi connectivity index (χ3v) is 2.60. The largest absolute Gasteiger partial charge is 0.492 e. The number of halogens is 1. The molecule has 0 amide bonds. The number of rotatable bonds is 5. The third-order valence-electron chi connectivity index (χ3n) is 2.37. The number of hydrogen-bond donors (Lipinski definition) is 1. The molecular weight excluding hydrogens is 262 g/mol. The molecule has 2 N–H and O–H groups in total. The third kappa shape index (κ3) is 4.47. The van der Waals surface area contributed by atoms with Crippen molar-refractivity contribution in [3.8, 4) is 17.2 Å². The van der Waals surface area contributed by atoms with Gasteiger partial charge in [-0.05, 0) is 49.4 Å².